The Morgan fingerprint density at radius 3 is 2.50 bits per heavy atom. The number of anilines is 1. The van der Waals surface area contributed by atoms with Gasteiger partial charge >= 0.3 is 6.18 Å². The average Bonchev–Trinajstić information content (AvgIpc) is 3.25. The number of likely N-dealkylation sites (N-methyl/N-ethyl adjacent to an activating group) is 1. The lowest BCUT2D eigenvalue weighted by Crippen LogP contribution is -2.44. The van der Waals surface area contributed by atoms with E-state index in [4.69, 9.17) is 4.42 Å². The molecule has 1 aromatic carbocycles. The van der Waals surface area contributed by atoms with E-state index in [-0.39, 0.29) is 30.5 Å². The first-order valence-corrected chi connectivity index (χ1v) is 10.5. The quantitative estimate of drug-likeness (QED) is 0.303. The minimum absolute atomic E-state index is 0. The van der Waals surface area contributed by atoms with Crippen LogP contribution in [0.5, 0.6) is 0 Å². The minimum Gasteiger partial charge on any atom is -0.469 e. The second-order valence-corrected chi connectivity index (χ2v) is 7.58. The Labute approximate surface area is 204 Å². The lowest BCUT2D eigenvalue weighted by atomic mass is 10.1. The summed E-state index contributed by atoms with van der Waals surface area (Å²) in [6.07, 6.45) is -2.07. The number of hydrogen-bond acceptors (Lipinski definition) is 4. The zero-order valence-electron chi connectivity index (χ0n) is 18.4. The smallest absolute Gasteiger partial charge is 0.416 e. The highest BCUT2D eigenvalue weighted by Crippen LogP contribution is 2.33. The van der Waals surface area contributed by atoms with E-state index < -0.39 is 11.7 Å². The number of aliphatic imine (C=N–C) groups is 1. The Bertz CT molecular complexity index is 850. The summed E-state index contributed by atoms with van der Waals surface area (Å²) in [6, 6.07) is 7.70. The monoisotopic (exact) mass is 565 g/mol. The molecule has 2 aromatic rings. The Morgan fingerprint density at radius 1 is 1.12 bits per heavy atom. The molecule has 6 nitrogen and oxygen atoms in total. The normalized spacial score (nSPS) is 15.4. The Hall–Kier alpha value is -1.95. The van der Waals surface area contributed by atoms with E-state index in [0.29, 0.717) is 31.0 Å². The van der Waals surface area contributed by atoms with Gasteiger partial charge in [-0.2, -0.15) is 13.2 Å². The van der Waals surface area contributed by atoms with E-state index >= 15 is 0 Å². The molecule has 2 N–H and O–H groups in total. The van der Waals surface area contributed by atoms with Gasteiger partial charge in [0.1, 0.15) is 5.76 Å². The van der Waals surface area contributed by atoms with Crippen molar-refractivity contribution < 1.29 is 17.6 Å². The third-order valence-electron chi connectivity index (χ3n) is 5.25. The fourth-order valence-electron chi connectivity index (χ4n) is 3.51. The van der Waals surface area contributed by atoms with Crippen molar-refractivity contribution >= 4 is 35.6 Å². The molecule has 0 amide bonds. The Morgan fingerprint density at radius 2 is 1.88 bits per heavy atom. The second kappa shape index (κ2) is 12.3. The van der Waals surface area contributed by atoms with Crippen molar-refractivity contribution in [3.8, 4) is 0 Å². The molecular formula is C22H31F3IN5O. The summed E-state index contributed by atoms with van der Waals surface area (Å²) < 4.78 is 45.3. The lowest BCUT2D eigenvalue weighted by molar-refractivity contribution is -0.137. The molecule has 1 saturated heterocycles. The maximum atomic E-state index is 13.3. The molecule has 0 spiro atoms. The fraction of sp³-hybridized carbons (Fsp3) is 0.500. The Balaban J connectivity index is 0.00000363. The number of benzene rings is 1. The third kappa shape index (κ3) is 7.58. The van der Waals surface area contributed by atoms with Crippen LogP contribution >= 0.6 is 24.0 Å². The van der Waals surface area contributed by atoms with Crippen LogP contribution in [0, 0.1) is 0 Å². The summed E-state index contributed by atoms with van der Waals surface area (Å²) in [5.74, 6) is 1.43. The molecule has 32 heavy (non-hydrogen) atoms. The van der Waals surface area contributed by atoms with Crippen molar-refractivity contribution in [1.82, 2.24) is 15.5 Å². The number of rotatable bonds is 7. The van der Waals surface area contributed by atoms with Gasteiger partial charge in [-0.1, -0.05) is 0 Å². The summed E-state index contributed by atoms with van der Waals surface area (Å²) in [6.45, 7) is 6.67. The summed E-state index contributed by atoms with van der Waals surface area (Å²) in [7, 11) is 2.05. The zero-order valence-corrected chi connectivity index (χ0v) is 20.7. The van der Waals surface area contributed by atoms with Crippen molar-refractivity contribution in [2.24, 2.45) is 4.99 Å². The standard InChI is InChI=1S/C22H30F3N5O.HI/c1-3-26-21(27-9-8-19-5-4-14-31-19)28-16-17-15-18(22(23,24)25)6-7-20(17)30-12-10-29(2)11-13-30;/h4-7,14-15H,3,8-13,16H2,1-2H3,(H2,26,27,28);1H. The van der Waals surface area contributed by atoms with E-state index in [2.05, 4.69) is 25.4 Å². The van der Waals surface area contributed by atoms with E-state index in [1.807, 2.05) is 26.1 Å². The van der Waals surface area contributed by atoms with Gasteiger partial charge in [0, 0.05) is 51.4 Å². The number of halogens is 4. The summed E-state index contributed by atoms with van der Waals surface area (Å²) in [4.78, 5) is 8.91. The van der Waals surface area contributed by atoms with Crippen LogP contribution in [-0.4, -0.2) is 57.2 Å². The van der Waals surface area contributed by atoms with Gasteiger partial charge < -0.3 is 24.9 Å². The first-order valence-electron chi connectivity index (χ1n) is 10.5. The SMILES string of the molecule is CCNC(=NCc1cc(C(F)(F)F)ccc1N1CCN(C)CC1)NCCc1ccco1.I. The molecule has 0 aliphatic carbocycles. The predicted octanol–water partition coefficient (Wildman–Crippen LogP) is 3.97. The number of nitrogens with one attached hydrogen (secondary N) is 2. The van der Waals surface area contributed by atoms with Gasteiger partial charge in [0.2, 0.25) is 0 Å². The molecule has 2 heterocycles. The van der Waals surface area contributed by atoms with Crippen LogP contribution in [-0.2, 0) is 19.1 Å². The number of nitrogens with zero attached hydrogens (tertiary/aromatic N) is 3. The lowest BCUT2D eigenvalue weighted by Gasteiger charge is -2.35. The Kier molecular flexibility index (Phi) is 10.1. The average molecular weight is 565 g/mol. The third-order valence-corrected chi connectivity index (χ3v) is 5.25. The fourth-order valence-corrected chi connectivity index (χ4v) is 3.51. The summed E-state index contributed by atoms with van der Waals surface area (Å²) in [5, 5.41) is 6.36. The second-order valence-electron chi connectivity index (χ2n) is 7.58. The molecule has 0 unspecified atom stereocenters. The van der Waals surface area contributed by atoms with E-state index in [1.165, 1.54) is 6.07 Å². The van der Waals surface area contributed by atoms with Crippen LogP contribution in [0.1, 0.15) is 23.8 Å². The van der Waals surface area contributed by atoms with Crippen LogP contribution < -0.4 is 15.5 Å². The van der Waals surface area contributed by atoms with Crippen LogP contribution in [0.2, 0.25) is 0 Å². The van der Waals surface area contributed by atoms with Crippen molar-refractivity contribution in [3.05, 3.63) is 53.5 Å². The highest BCUT2D eigenvalue weighted by molar-refractivity contribution is 14.0. The highest BCUT2D eigenvalue weighted by Gasteiger charge is 2.31. The zero-order chi connectivity index (χ0) is 22.3. The number of piperazine rings is 1. The van der Waals surface area contributed by atoms with Gasteiger partial charge in [0.15, 0.2) is 5.96 Å². The maximum absolute atomic E-state index is 13.3. The molecule has 1 fully saturated rings. The topological polar surface area (TPSA) is 56.0 Å². The first kappa shape index (κ1) is 26.3. The molecule has 0 bridgehead atoms. The molecule has 0 atom stereocenters. The van der Waals surface area contributed by atoms with Crippen molar-refractivity contribution in [3.63, 3.8) is 0 Å². The molecule has 0 radical (unpaired) electrons. The molecule has 178 valence electrons. The molecule has 1 aliphatic heterocycles. The van der Waals surface area contributed by atoms with Gasteiger partial charge in [0.25, 0.3) is 0 Å². The summed E-state index contributed by atoms with van der Waals surface area (Å²) >= 11 is 0. The van der Waals surface area contributed by atoms with Crippen molar-refractivity contribution in [2.75, 3.05) is 51.2 Å². The van der Waals surface area contributed by atoms with Crippen LogP contribution in [0.4, 0.5) is 18.9 Å². The molecule has 3 rings (SSSR count). The number of hydrogen-bond donors (Lipinski definition) is 2. The first-order chi connectivity index (χ1) is 14.9. The van der Waals surface area contributed by atoms with Crippen molar-refractivity contribution in [2.45, 2.75) is 26.1 Å². The van der Waals surface area contributed by atoms with E-state index in [0.717, 1.165) is 43.7 Å². The molecular weight excluding hydrogens is 534 g/mol. The predicted molar refractivity (Wildman–Crippen MR) is 132 cm³/mol. The van der Waals surface area contributed by atoms with Crippen LogP contribution in [0.3, 0.4) is 0 Å². The van der Waals surface area contributed by atoms with Gasteiger partial charge in [0.05, 0.1) is 18.4 Å². The van der Waals surface area contributed by atoms with E-state index in [1.54, 1.807) is 12.3 Å². The molecule has 1 aromatic heterocycles. The maximum Gasteiger partial charge on any atom is 0.416 e. The van der Waals surface area contributed by atoms with Crippen molar-refractivity contribution in [1.29, 1.82) is 0 Å². The molecule has 10 heteroatoms. The number of furan rings is 1. The molecule has 1 aliphatic rings. The number of guanidine groups is 1. The van der Waals surface area contributed by atoms with Crippen LogP contribution in [0.15, 0.2) is 46.0 Å². The largest absolute Gasteiger partial charge is 0.469 e. The summed E-state index contributed by atoms with van der Waals surface area (Å²) in [5.41, 5.74) is 0.741. The minimum atomic E-state index is -4.38. The van der Waals surface area contributed by atoms with Gasteiger partial charge in [-0.25, -0.2) is 4.99 Å². The van der Waals surface area contributed by atoms with Gasteiger partial charge in [-0.15, -0.1) is 24.0 Å². The highest BCUT2D eigenvalue weighted by atomic mass is 127. The van der Waals surface area contributed by atoms with E-state index in [9.17, 15) is 13.2 Å². The van der Waals surface area contributed by atoms with Gasteiger partial charge in [-0.3, -0.25) is 0 Å². The molecule has 0 saturated carbocycles. The number of alkyl halides is 3. The van der Waals surface area contributed by atoms with Gasteiger partial charge in [-0.05, 0) is 49.9 Å². The van der Waals surface area contributed by atoms with Crippen LogP contribution in [0.25, 0.3) is 0 Å².